The SMILES string of the molecule is c1ccc(-c2nc3nccn3c3ccccc23)cc1. The third-order valence-electron chi connectivity index (χ3n) is 3.30. The Morgan fingerprint density at radius 2 is 1.63 bits per heavy atom. The number of hydrogen-bond acceptors (Lipinski definition) is 2. The van der Waals surface area contributed by atoms with E-state index in [1.807, 2.05) is 40.9 Å². The molecule has 19 heavy (non-hydrogen) atoms. The maximum Gasteiger partial charge on any atom is 0.234 e. The lowest BCUT2D eigenvalue weighted by Crippen LogP contribution is -1.94. The van der Waals surface area contributed by atoms with Crippen LogP contribution in [-0.2, 0) is 0 Å². The monoisotopic (exact) mass is 245 g/mol. The quantitative estimate of drug-likeness (QED) is 0.513. The van der Waals surface area contributed by atoms with Crippen molar-refractivity contribution in [2.45, 2.75) is 0 Å². The van der Waals surface area contributed by atoms with Gasteiger partial charge in [-0.3, -0.25) is 4.40 Å². The highest BCUT2D eigenvalue weighted by molar-refractivity contribution is 5.93. The van der Waals surface area contributed by atoms with Gasteiger partial charge < -0.3 is 0 Å². The minimum absolute atomic E-state index is 0.734. The predicted molar refractivity (Wildman–Crippen MR) is 75.9 cm³/mol. The molecule has 0 spiro atoms. The van der Waals surface area contributed by atoms with Crippen LogP contribution in [-0.4, -0.2) is 14.4 Å². The highest BCUT2D eigenvalue weighted by atomic mass is 15.1. The molecule has 0 fully saturated rings. The predicted octanol–water partition coefficient (Wildman–Crippen LogP) is 3.55. The molecule has 4 aromatic rings. The second kappa shape index (κ2) is 3.92. The lowest BCUT2D eigenvalue weighted by Gasteiger charge is -2.08. The molecule has 3 nitrogen and oxygen atoms in total. The summed E-state index contributed by atoms with van der Waals surface area (Å²) in [7, 11) is 0. The first-order valence-corrected chi connectivity index (χ1v) is 6.21. The molecule has 0 radical (unpaired) electrons. The van der Waals surface area contributed by atoms with Crippen LogP contribution in [0, 0.1) is 0 Å². The van der Waals surface area contributed by atoms with E-state index < -0.39 is 0 Å². The van der Waals surface area contributed by atoms with Gasteiger partial charge >= 0.3 is 0 Å². The molecule has 0 N–H and O–H groups in total. The van der Waals surface area contributed by atoms with Gasteiger partial charge in [-0.15, -0.1) is 0 Å². The number of hydrogen-bond donors (Lipinski definition) is 0. The van der Waals surface area contributed by atoms with E-state index in [1.54, 1.807) is 6.20 Å². The Hall–Kier alpha value is -2.68. The van der Waals surface area contributed by atoms with Gasteiger partial charge in [-0.2, -0.15) is 0 Å². The van der Waals surface area contributed by atoms with E-state index in [9.17, 15) is 0 Å². The van der Waals surface area contributed by atoms with Crippen molar-refractivity contribution in [3.63, 3.8) is 0 Å². The molecule has 0 atom stereocenters. The van der Waals surface area contributed by atoms with Crippen LogP contribution in [0.5, 0.6) is 0 Å². The lowest BCUT2D eigenvalue weighted by molar-refractivity contribution is 1.17. The Morgan fingerprint density at radius 3 is 2.53 bits per heavy atom. The summed E-state index contributed by atoms with van der Waals surface area (Å²) in [5.74, 6) is 0.734. The Labute approximate surface area is 110 Å². The average Bonchev–Trinajstić information content (AvgIpc) is 2.96. The number of aromatic nitrogens is 3. The Bertz CT molecular complexity index is 863. The van der Waals surface area contributed by atoms with Crippen LogP contribution in [0.15, 0.2) is 67.0 Å². The van der Waals surface area contributed by atoms with Gasteiger partial charge in [0.1, 0.15) is 0 Å². The molecule has 0 saturated carbocycles. The first kappa shape index (κ1) is 10.3. The van der Waals surface area contributed by atoms with E-state index in [0.29, 0.717) is 0 Å². The van der Waals surface area contributed by atoms with Gasteiger partial charge in [-0.05, 0) is 6.07 Å². The van der Waals surface area contributed by atoms with Gasteiger partial charge in [0.2, 0.25) is 5.78 Å². The van der Waals surface area contributed by atoms with E-state index in [4.69, 9.17) is 0 Å². The minimum Gasteiger partial charge on any atom is -0.284 e. The van der Waals surface area contributed by atoms with Crippen molar-refractivity contribution in [1.82, 2.24) is 14.4 Å². The number of nitrogens with zero attached hydrogens (tertiary/aromatic N) is 3. The van der Waals surface area contributed by atoms with Gasteiger partial charge in [0.15, 0.2) is 0 Å². The van der Waals surface area contributed by atoms with Crippen molar-refractivity contribution in [2.24, 2.45) is 0 Å². The molecular weight excluding hydrogens is 234 g/mol. The molecule has 0 unspecified atom stereocenters. The molecule has 2 heterocycles. The highest BCUT2D eigenvalue weighted by Gasteiger charge is 2.09. The van der Waals surface area contributed by atoms with Crippen molar-refractivity contribution in [3.05, 3.63) is 67.0 Å². The fourth-order valence-electron chi connectivity index (χ4n) is 2.43. The Balaban J connectivity index is 2.19. The van der Waals surface area contributed by atoms with Crippen LogP contribution in [0.3, 0.4) is 0 Å². The van der Waals surface area contributed by atoms with Gasteiger partial charge in [0.25, 0.3) is 0 Å². The van der Waals surface area contributed by atoms with Crippen LogP contribution >= 0.6 is 0 Å². The number of fused-ring (bicyclic) bond motifs is 3. The summed E-state index contributed by atoms with van der Waals surface area (Å²) < 4.78 is 2.02. The highest BCUT2D eigenvalue weighted by Crippen LogP contribution is 2.27. The van der Waals surface area contributed by atoms with Crippen LogP contribution in [0.4, 0.5) is 0 Å². The van der Waals surface area contributed by atoms with Crippen LogP contribution in [0.25, 0.3) is 27.9 Å². The summed E-state index contributed by atoms with van der Waals surface area (Å²) in [6.07, 6.45) is 3.73. The molecule has 0 bridgehead atoms. The zero-order valence-electron chi connectivity index (χ0n) is 10.2. The maximum atomic E-state index is 4.69. The number of rotatable bonds is 1. The molecule has 3 heteroatoms. The summed E-state index contributed by atoms with van der Waals surface area (Å²) in [4.78, 5) is 8.99. The number of imidazole rings is 1. The molecule has 0 aliphatic rings. The molecular formula is C16H11N3. The minimum atomic E-state index is 0.734. The average molecular weight is 245 g/mol. The van der Waals surface area contributed by atoms with Crippen LogP contribution < -0.4 is 0 Å². The van der Waals surface area contributed by atoms with E-state index in [1.165, 1.54) is 0 Å². The van der Waals surface area contributed by atoms with Crippen molar-refractivity contribution in [1.29, 1.82) is 0 Å². The Kier molecular flexibility index (Phi) is 2.12. The van der Waals surface area contributed by atoms with Crippen molar-refractivity contribution >= 4 is 16.7 Å². The van der Waals surface area contributed by atoms with E-state index in [0.717, 1.165) is 27.9 Å². The second-order valence-corrected chi connectivity index (χ2v) is 4.44. The van der Waals surface area contributed by atoms with Gasteiger partial charge in [0.05, 0.1) is 11.2 Å². The first-order chi connectivity index (χ1) is 9.43. The standard InChI is InChI=1S/C16H11N3/c1-2-6-12(7-3-1)15-13-8-4-5-9-14(13)19-11-10-17-16(19)18-15/h1-11H. The third-order valence-corrected chi connectivity index (χ3v) is 3.30. The largest absolute Gasteiger partial charge is 0.284 e. The van der Waals surface area contributed by atoms with Crippen LogP contribution in [0.1, 0.15) is 0 Å². The second-order valence-electron chi connectivity index (χ2n) is 4.44. The molecule has 2 aromatic carbocycles. The smallest absolute Gasteiger partial charge is 0.234 e. The zero-order valence-corrected chi connectivity index (χ0v) is 10.2. The number of para-hydroxylation sites is 1. The van der Waals surface area contributed by atoms with Crippen molar-refractivity contribution in [3.8, 4) is 11.3 Å². The lowest BCUT2D eigenvalue weighted by atomic mass is 10.1. The molecule has 0 saturated heterocycles. The molecule has 0 aliphatic carbocycles. The summed E-state index contributed by atoms with van der Waals surface area (Å²) in [6.45, 7) is 0. The summed E-state index contributed by atoms with van der Waals surface area (Å²) in [5, 5.41) is 1.14. The van der Waals surface area contributed by atoms with Crippen molar-refractivity contribution < 1.29 is 0 Å². The summed E-state index contributed by atoms with van der Waals surface area (Å²) in [6, 6.07) is 18.5. The summed E-state index contributed by atoms with van der Waals surface area (Å²) in [5.41, 5.74) is 3.22. The van der Waals surface area contributed by atoms with Crippen molar-refractivity contribution in [2.75, 3.05) is 0 Å². The molecule has 4 rings (SSSR count). The van der Waals surface area contributed by atoms with Gasteiger partial charge in [-0.1, -0.05) is 48.5 Å². The van der Waals surface area contributed by atoms with Gasteiger partial charge in [0, 0.05) is 23.3 Å². The van der Waals surface area contributed by atoms with E-state index in [2.05, 4.69) is 34.2 Å². The fourth-order valence-corrected chi connectivity index (χ4v) is 2.43. The maximum absolute atomic E-state index is 4.69. The van der Waals surface area contributed by atoms with E-state index in [-0.39, 0.29) is 0 Å². The topological polar surface area (TPSA) is 30.2 Å². The normalized spacial score (nSPS) is 11.2. The Morgan fingerprint density at radius 1 is 0.842 bits per heavy atom. The first-order valence-electron chi connectivity index (χ1n) is 6.21. The molecule has 2 aromatic heterocycles. The number of benzene rings is 2. The molecule has 90 valence electrons. The van der Waals surface area contributed by atoms with Gasteiger partial charge in [-0.25, -0.2) is 9.97 Å². The summed E-state index contributed by atoms with van der Waals surface area (Å²) >= 11 is 0. The third kappa shape index (κ3) is 1.52. The zero-order chi connectivity index (χ0) is 12.7. The molecule has 0 aliphatic heterocycles. The van der Waals surface area contributed by atoms with E-state index >= 15 is 0 Å². The molecule has 0 amide bonds. The fraction of sp³-hybridized carbons (Fsp3) is 0. The van der Waals surface area contributed by atoms with Crippen LogP contribution in [0.2, 0.25) is 0 Å².